The monoisotopic (exact) mass is 172 g/mol. The second-order valence-corrected chi connectivity index (χ2v) is 2.13. The van der Waals surface area contributed by atoms with Gasteiger partial charge in [0.05, 0.1) is 6.20 Å². The molecule has 0 fully saturated rings. The van der Waals surface area contributed by atoms with Gasteiger partial charge in [0.25, 0.3) is 6.01 Å². The first kappa shape index (κ1) is 9.05. The molecule has 0 radical (unpaired) electrons. The number of H-pyrrole nitrogens is 1. The van der Waals surface area contributed by atoms with Gasteiger partial charge in [-0.2, -0.15) is 0 Å². The molecule has 1 aromatic rings. The van der Waals surface area contributed by atoms with Crippen LogP contribution in [0.1, 0.15) is 5.69 Å². The molecule has 0 aliphatic rings. The Labute approximate surface area is 69.0 Å². The number of hydrogen-bond acceptors (Lipinski definition) is 5. The standard InChI is InChI=1S/C5H9BN2O4/c9-2-1-4-3-7-5(8-4)12-6(10)11/h3,9-11H,1-2H2,(H,7,8). The molecule has 0 amide bonds. The van der Waals surface area contributed by atoms with Crippen molar-refractivity contribution < 1.29 is 19.8 Å². The minimum absolute atomic E-state index is 0.00329. The fourth-order valence-electron chi connectivity index (χ4n) is 0.746. The Morgan fingerprint density at radius 1 is 1.58 bits per heavy atom. The summed E-state index contributed by atoms with van der Waals surface area (Å²) in [6.07, 6.45) is 1.88. The zero-order chi connectivity index (χ0) is 8.97. The van der Waals surface area contributed by atoms with E-state index < -0.39 is 7.32 Å². The molecule has 6 nitrogen and oxygen atoms in total. The topological polar surface area (TPSA) is 98.6 Å². The lowest BCUT2D eigenvalue weighted by molar-refractivity contribution is 0.278. The third-order valence-electron chi connectivity index (χ3n) is 1.20. The van der Waals surface area contributed by atoms with Crippen LogP contribution in [0.2, 0.25) is 0 Å². The van der Waals surface area contributed by atoms with Crippen LogP contribution in [0.25, 0.3) is 0 Å². The van der Waals surface area contributed by atoms with E-state index in [9.17, 15) is 0 Å². The van der Waals surface area contributed by atoms with Gasteiger partial charge in [0.15, 0.2) is 0 Å². The summed E-state index contributed by atoms with van der Waals surface area (Å²) in [5.41, 5.74) is 0.674. The molecule has 12 heavy (non-hydrogen) atoms. The summed E-state index contributed by atoms with van der Waals surface area (Å²) in [5.74, 6) is 0. The van der Waals surface area contributed by atoms with E-state index in [2.05, 4.69) is 14.6 Å². The predicted octanol–water partition coefficient (Wildman–Crippen LogP) is -1.71. The Hall–Kier alpha value is -1.05. The Bertz CT molecular complexity index is 239. The van der Waals surface area contributed by atoms with Gasteiger partial charge >= 0.3 is 7.32 Å². The molecule has 0 bridgehead atoms. The Balaban J connectivity index is 2.52. The number of nitrogens with one attached hydrogen (secondary N) is 1. The van der Waals surface area contributed by atoms with Crippen molar-refractivity contribution in [3.63, 3.8) is 0 Å². The van der Waals surface area contributed by atoms with Gasteiger partial charge in [0, 0.05) is 18.7 Å². The quantitative estimate of drug-likeness (QED) is 0.405. The van der Waals surface area contributed by atoms with Gasteiger partial charge in [0.1, 0.15) is 0 Å². The summed E-state index contributed by atoms with van der Waals surface area (Å²) in [6, 6.07) is 0.0217. The van der Waals surface area contributed by atoms with Crippen molar-refractivity contribution in [1.29, 1.82) is 0 Å². The van der Waals surface area contributed by atoms with E-state index in [0.717, 1.165) is 0 Å². The number of nitrogens with zero attached hydrogens (tertiary/aromatic N) is 1. The normalized spacial score (nSPS) is 9.92. The van der Waals surface area contributed by atoms with Gasteiger partial charge in [-0.05, 0) is 0 Å². The van der Waals surface area contributed by atoms with E-state index >= 15 is 0 Å². The van der Waals surface area contributed by atoms with Crippen LogP contribution in [0.3, 0.4) is 0 Å². The molecule has 4 N–H and O–H groups in total. The molecule has 0 aliphatic carbocycles. The van der Waals surface area contributed by atoms with Gasteiger partial charge in [-0.3, -0.25) is 0 Å². The van der Waals surface area contributed by atoms with Crippen LogP contribution in [-0.2, 0) is 6.42 Å². The maximum Gasteiger partial charge on any atom is 0.709 e. The van der Waals surface area contributed by atoms with Crippen molar-refractivity contribution >= 4 is 7.32 Å². The lowest BCUT2D eigenvalue weighted by Crippen LogP contribution is -2.21. The summed E-state index contributed by atoms with van der Waals surface area (Å²) < 4.78 is 4.40. The highest BCUT2D eigenvalue weighted by Gasteiger charge is 2.13. The second-order valence-electron chi connectivity index (χ2n) is 2.13. The minimum atomic E-state index is -1.88. The zero-order valence-corrected chi connectivity index (χ0v) is 6.27. The maximum absolute atomic E-state index is 8.52. The molecule has 1 rings (SSSR count). The fraction of sp³-hybridized carbons (Fsp3) is 0.400. The predicted molar refractivity (Wildman–Crippen MR) is 40.2 cm³/mol. The number of aromatic amines is 1. The van der Waals surface area contributed by atoms with Crippen LogP contribution in [0.4, 0.5) is 0 Å². The van der Waals surface area contributed by atoms with Crippen LogP contribution < -0.4 is 4.65 Å². The number of aliphatic hydroxyl groups excluding tert-OH is 1. The summed E-state index contributed by atoms with van der Waals surface area (Å²) >= 11 is 0. The van der Waals surface area contributed by atoms with E-state index in [0.29, 0.717) is 12.1 Å². The zero-order valence-electron chi connectivity index (χ0n) is 6.27. The van der Waals surface area contributed by atoms with Crippen LogP contribution in [-0.4, -0.2) is 39.1 Å². The van der Waals surface area contributed by atoms with Gasteiger partial charge < -0.3 is 24.8 Å². The van der Waals surface area contributed by atoms with Gasteiger partial charge in [-0.1, -0.05) is 0 Å². The molecule has 0 aromatic carbocycles. The Morgan fingerprint density at radius 2 is 2.33 bits per heavy atom. The van der Waals surface area contributed by atoms with Crippen LogP contribution in [0.5, 0.6) is 6.01 Å². The number of hydrogen-bond donors (Lipinski definition) is 4. The van der Waals surface area contributed by atoms with E-state index in [-0.39, 0.29) is 12.6 Å². The van der Waals surface area contributed by atoms with Crippen LogP contribution >= 0.6 is 0 Å². The van der Waals surface area contributed by atoms with Gasteiger partial charge in [-0.15, -0.1) is 0 Å². The van der Waals surface area contributed by atoms with Crippen molar-refractivity contribution in [2.45, 2.75) is 6.42 Å². The third-order valence-corrected chi connectivity index (χ3v) is 1.20. The first-order valence-corrected chi connectivity index (χ1v) is 3.40. The Morgan fingerprint density at radius 3 is 2.92 bits per heavy atom. The highest BCUT2D eigenvalue weighted by molar-refractivity contribution is 6.33. The molecule has 66 valence electrons. The van der Waals surface area contributed by atoms with Crippen LogP contribution in [0, 0.1) is 0 Å². The van der Waals surface area contributed by atoms with Crippen LogP contribution in [0.15, 0.2) is 6.20 Å². The number of imidazole rings is 1. The average molecular weight is 172 g/mol. The Kier molecular flexibility index (Phi) is 3.09. The number of aromatic nitrogens is 2. The molecule has 0 saturated heterocycles. The van der Waals surface area contributed by atoms with E-state index in [1.165, 1.54) is 6.20 Å². The smallest absolute Gasteiger partial charge is 0.484 e. The molecular formula is C5H9BN2O4. The molecular weight excluding hydrogens is 163 g/mol. The highest BCUT2D eigenvalue weighted by Crippen LogP contribution is 2.04. The number of aliphatic hydroxyl groups is 1. The van der Waals surface area contributed by atoms with E-state index in [4.69, 9.17) is 15.2 Å². The van der Waals surface area contributed by atoms with Crippen molar-refractivity contribution in [1.82, 2.24) is 9.97 Å². The molecule has 7 heteroatoms. The minimum Gasteiger partial charge on any atom is -0.484 e. The summed E-state index contributed by atoms with van der Waals surface area (Å²) in [5, 5.41) is 25.3. The van der Waals surface area contributed by atoms with Crippen molar-refractivity contribution in [3.8, 4) is 6.01 Å². The second kappa shape index (κ2) is 4.10. The number of rotatable bonds is 4. The largest absolute Gasteiger partial charge is 0.709 e. The summed E-state index contributed by atoms with van der Waals surface area (Å²) in [4.78, 5) is 6.30. The molecule has 0 spiro atoms. The lowest BCUT2D eigenvalue weighted by Gasteiger charge is -1.97. The maximum atomic E-state index is 8.52. The lowest BCUT2D eigenvalue weighted by atomic mass is 10.3. The summed E-state index contributed by atoms with van der Waals surface area (Å²) in [7, 11) is -1.88. The fourth-order valence-corrected chi connectivity index (χ4v) is 0.746. The molecule has 0 aliphatic heterocycles. The van der Waals surface area contributed by atoms with Crippen molar-refractivity contribution in [2.75, 3.05) is 6.61 Å². The van der Waals surface area contributed by atoms with Gasteiger partial charge in [-0.25, -0.2) is 4.98 Å². The third kappa shape index (κ3) is 2.53. The molecule has 1 aromatic heterocycles. The molecule has 0 unspecified atom stereocenters. The SMILES string of the molecule is OCCc1cnc(OB(O)O)[nH]1. The van der Waals surface area contributed by atoms with E-state index in [1.54, 1.807) is 0 Å². The van der Waals surface area contributed by atoms with Gasteiger partial charge in [0.2, 0.25) is 0 Å². The highest BCUT2D eigenvalue weighted by atomic mass is 16.6. The van der Waals surface area contributed by atoms with Crippen molar-refractivity contribution in [2.24, 2.45) is 0 Å². The molecule has 1 heterocycles. The first-order valence-electron chi connectivity index (χ1n) is 3.40. The first-order chi connectivity index (χ1) is 5.72. The van der Waals surface area contributed by atoms with E-state index in [1.807, 2.05) is 0 Å². The average Bonchev–Trinajstić information content (AvgIpc) is 2.36. The molecule has 0 atom stereocenters. The van der Waals surface area contributed by atoms with Crippen molar-refractivity contribution in [3.05, 3.63) is 11.9 Å². The molecule has 0 saturated carbocycles. The summed E-state index contributed by atoms with van der Waals surface area (Å²) in [6.45, 7) is 0.00329.